The number of rotatable bonds is 2. The molecule has 1 aliphatic rings. The summed E-state index contributed by atoms with van der Waals surface area (Å²) in [6, 6.07) is 5.17. The Bertz CT molecular complexity index is 335. The van der Waals surface area contributed by atoms with Gasteiger partial charge in [0, 0.05) is 6.42 Å². The Morgan fingerprint density at radius 1 is 1.40 bits per heavy atom. The van der Waals surface area contributed by atoms with Crippen LogP contribution in [0.4, 0.5) is 0 Å². The van der Waals surface area contributed by atoms with Crippen LogP contribution in [0.5, 0.6) is 11.5 Å². The van der Waals surface area contributed by atoms with Gasteiger partial charge in [-0.1, -0.05) is 6.07 Å². The van der Waals surface area contributed by atoms with Gasteiger partial charge in [-0.15, -0.1) is 0 Å². The van der Waals surface area contributed by atoms with Crippen molar-refractivity contribution in [1.82, 2.24) is 0 Å². The van der Waals surface area contributed by atoms with Gasteiger partial charge in [-0.3, -0.25) is 0 Å². The molecule has 1 aromatic rings. The lowest BCUT2D eigenvalue weighted by Crippen LogP contribution is -2.25. The fourth-order valence-corrected chi connectivity index (χ4v) is 1.89. The molecule has 3 nitrogen and oxygen atoms in total. The van der Waals surface area contributed by atoms with Crippen molar-refractivity contribution in [2.75, 3.05) is 6.61 Å². The van der Waals surface area contributed by atoms with Crippen LogP contribution in [0.15, 0.2) is 22.7 Å². The molecule has 0 amide bonds. The SMILES string of the molecule is Oc1cccc(O[C@H]2CCCCO2)c1Br. The van der Waals surface area contributed by atoms with Crippen LogP contribution in [0.3, 0.4) is 0 Å². The number of phenols is 1. The minimum Gasteiger partial charge on any atom is -0.507 e. The second-order valence-electron chi connectivity index (χ2n) is 3.50. The van der Waals surface area contributed by atoms with Crippen molar-refractivity contribution in [2.24, 2.45) is 0 Å². The van der Waals surface area contributed by atoms with Crippen LogP contribution in [0.25, 0.3) is 0 Å². The van der Waals surface area contributed by atoms with E-state index in [1.807, 2.05) is 6.07 Å². The summed E-state index contributed by atoms with van der Waals surface area (Å²) in [5.74, 6) is 0.810. The summed E-state index contributed by atoms with van der Waals surface area (Å²) in [5.41, 5.74) is 0. The van der Waals surface area contributed by atoms with Crippen LogP contribution < -0.4 is 4.74 Å². The van der Waals surface area contributed by atoms with E-state index in [9.17, 15) is 5.11 Å². The number of hydrogen-bond donors (Lipinski definition) is 1. The summed E-state index contributed by atoms with van der Waals surface area (Å²) in [4.78, 5) is 0. The minimum absolute atomic E-state index is 0.183. The van der Waals surface area contributed by atoms with Crippen molar-refractivity contribution in [3.8, 4) is 11.5 Å². The van der Waals surface area contributed by atoms with Crippen molar-refractivity contribution in [2.45, 2.75) is 25.6 Å². The van der Waals surface area contributed by atoms with Crippen LogP contribution in [0.2, 0.25) is 0 Å². The Hall–Kier alpha value is -0.740. The van der Waals surface area contributed by atoms with E-state index < -0.39 is 0 Å². The molecular weight excluding hydrogens is 260 g/mol. The fourth-order valence-electron chi connectivity index (χ4n) is 1.54. The van der Waals surface area contributed by atoms with Gasteiger partial charge in [0.15, 0.2) is 6.29 Å². The molecule has 0 radical (unpaired) electrons. The summed E-state index contributed by atoms with van der Waals surface area (Å²) >= 11 is 3.28. The number of ether oxygens (including phenoxy) is 2. The van der Waals surface area contributed by atoms with Gasteiger partial charge in [-0.05, 0) is 40.9 Å². The Balaban J connectivity index is 2.06. The zero-order valence-corrected chi connectivity index (χ0v) is 9.87. The predicted molar refractivity (Wildman–Crippen MR) is 60.0 cm³/mol. The van der Waals surface area contributed by atoms with Crippen LogP contribution in [-0.2, 0) is 4.74 Å². The highest BCUT2D eigenvalue weighted by Crippen LogP contribution is 2.34. The van der Waals surface area contributed by atoms with Crippen LogP contribution in [0.1, 0.15) is 19.3 Å². The number of aromatic hydroxyl groups is 1. The van der Waals surface area contributed by atoms with Gasteiger partial charge in [-0.2, -0.15) is 0 Å². The topological polar surface area (TPSA) is 38.7 Å². The lowest BCUT2D eigenvalue weighted by Gasteiger charge is -2.24. The lowest BCUT2D eigenvalue weighted by molar-refractivity contribution is -0.106. The molecule has 0 aliphatic carbocycles. The van der Waals surface area contributed by atoms with E-state index in [2.05, 4.69) is 15.9 Å². The molecule has 1 fully saturated rings. The molecule has 1 N–H and O–H groups in total. The quantitative estimate of drug-likeness (QED) is 0.900. The van der Waals surface area contributed by atoms with Gasteiger partial charge in [0.05, 0.1) is 6.61 Å². The van der Waals surface area contributed by atoms with Gasteiger partial charge in [0.2, 0.25) is 0 Å². The molecule has 1 saturated heterocycles. The van der Waals surface area contributed by atoms with E-state index in [-0.39, 0.29) is 12.0 Å². The largest absolute Gasteiger partial charge is 0.507 e. The van der Waals surface area contributed by atoms with E-state index in [1.54, 1.807) is 12.1 Å². The summed E-state index contributed by atoms with van der Waals surface area (Å²) in [7, 11) is 0. The summed E-state index contributed by atoms with van der Waals surface area (Å²) in [6.45, 7) is 0.751. The Kier molecular flexibility index (Phi) is 3.49. The van der Waals surface area contributed by atoms with E-state index >= 15 is 0 Å². The molecule has 1 heterocycles. The molecule has 2 rings (SSSR count). The molecule has 0 spiro atoms. The Labute approximate surface area is 97.1 Å². The molecule has 4 heteroatoms. The highest BCUT2D eigenvalue weighted by Gasteiger charge is 2.17. The maximum absolute atomic E-state index is 9.46. The zero-order chi connectivity index (χ0) is 10.7. The van der Waals surface area contributed by atoms with Crippen molar-refractivity contribution in [3.63, 3.8) is 0 Å². The lowest BCUT2D eigenvalue weighted by atomic mass is 10.2. The molecule has 1 aliphatic heterocycles. The number of phenolic OH excluding ortho intramolecular Hbond substituents is 1. The third-order valence-corrected chi connectivity index (χ3v) is 3.14. The normalized spacial score (nSPS) is 21.3. The van der Waals surface area contributed by atoms with Gasteiger partial charge in [0.1, 0.15) is 16.0 Å². The van der Waals surface area contributed by atoms with E-state index in [0.29, 0.717) is 10.2 Å². The maximum atomic E-state index is 9.46. The molecule has 1 aromatic carbocycles. The highest BCUT2D eigenvalue weighted by molar-refractivity contribution is 9.10. The molecule has 1 atom stereocenters. The smallest absolute Gasteiger partial charge is 0.199 e. The van der Waals surface area contributed by atoms with Crippen LogP contribution in [0, 0.1) is 0 Å². The van der Waals surface area contributed by atoms with Crippen molar-refractivity contribution >= 4 is 15.9 Å². The minimum atomic E-state index is -0.183. The first-order valence-electron chi connectivity index (χ1n) is 5.03. The standard InChI is InChI=1S/C11H13BrO3/c12-11-8(13)4-3-5-9(11)15-10-6-1-2-7-14-10/h3-5,10,13H,1-2,6-7H2/t10-/m0/s1. The first-order chi connectivity index (χ1) is 7.27. The number of halogens is 1. The van der Waals surface area contributed by atoms with Crippen LogP contribution >= 0.6 is 15.9 Å². The molecule has 15 heavy (non-hydrogen) atoms. The van der Waals surface area contributed by atoms with Gasteiger partial charge in [-0.25, -0.2) is 0 Å². The van der Waals surface area contributed by atoms with E-state index in [1.165, 1.54) is 0 Å². The van der Waals surface area contributed by atoms with Crippen molar-refractivity contribution < 1.29 is 14.6 Å². The molecule has 82 valence electrons. The average Bonchev–Trinajstić information content (AvgIpc) is 2.26. The average molecular weight is 273 g/mol. The third-order valence-electron chi connectivity index (χ3n) is 2.34. The molecule has 0 bridgehead atoms. The first-order valence-corrected chi connectivity index (χ1v) is 5.82. The number of hydrogen-bond acceptors (Lipinski definition) is 3. The summed E-state index contributed by atoms with van der Waals surface area (Å²) < 4.78 is 11.7. The van der Waals surface area contributed by atoms with E-state index in [4.69, 9.17) is 9.47 Å². The maximum Gasteiger partial charge on any atom is 0.199 e. The van der Waals surface area contributed by atoms with E-state index in [0.717, 1.165) is 25.9 Å². The van der Waals surface area contributed by atoms with Gasteiger partial charge in [0.25, 0.3) is 0 Å². The monoisotopic (exact) mass is 272 g/mol. The predicted octanol–water partition coefficient (Wildman–Crippen LogP) is 3.06. The van der Waals surface area contributed by atoms with Crippen molar-refractivity contribution in [1.29, 1.82) is 0 Å². The van der Waals surface area contributed by atoms with Gasteiger partial charge >= 0.3 is 0 Å². The molecular formula is C11H13BrO3. The van der Waals surface area contributed by atoms with Gasteiger partial charge < -0.3 is 14.6 Å². The van der Waals surface area contributed by atoms with Crippen LogP contribution in [-0.4, -0.2) is 18.0 Å². The highest BCUT2D eigenvalue weighted by atomic mass is 79.9. The second kappa shape index (κ2) is 4.86. The second-order valence-corrected chi connectivity index (χ2v) is 4.30. The Morgan fingerprint density at radius 2 is 2.27 bits per heavy atom. The first kappa shape index (κ1) is 10.8. The Morgan fingerprint density at radius 3 is 3.00 bits per heavy atom. The summed E-state index contributed by atoms with van der Waals surface area (Å²) in [5, 5.41) is 9.46. The third kappa shape index (κ3) is 2.63. The number of benzene rings is 1. The molecule has 0 aromatic heterocycles. The molecule has 0 unspecified atom stereocenters. The zero-order valence-electron chi connectivity index (χ0n) is 8.28. The van der Waals surface area contributed by atoms with Crippen molar-refractivity contribution in [3.05, 3.63) is 22.7 Å². The summed E-state index contributed by atoms with van der Waals surface area (Å²) in [6.07, 6.45) is 2.95. The molecule has 0 saturated carbocycles. The fraction of sp³-hybridized carbons (Fsp3) is 0.455.